The normalized spacial score (nSPS) is 15.0. The average Bonchev–Trinajstić information content (AvgIpc) is 2.98. The summed E-state index contributed by atoms with van der Waals surface area (Å²) in [7, 11) is -2.02. The molecule has 0 aliphatic carbocycles. The van der Waals surface area contributed by atoms with Gasteiger partial charge in [-0.2, -0.15) is 0 Å². The third-order valence-electron chi connectivity index (χ3n) is 7.14. The molecule has 260 valence electrons. The number of nitrogens with one attached hydrogen (secondary N) is 5. The molecule has 14 N–H and O–H groups in total. The fraction of sp³-hybridized carbons (Fsp3) is 0.821. The van der Waals surface area contributed by atoms with Crippen molar-refractivity contribution in [2.24, 2.45) is 17.2 Å². The van der Waals surface area contributed by atoms with Crippen molar-refractivity contribution in [3.63, 3.8) is 0 Å². The minimum absolute atomic E-state index is 0.0841. The molecular formula is C28H57BN8O8. The maximum atomic E-state index is 13.0. The molecule has 0 aromatic heterocycles. The molecule has 0 rings (SSSR count). The van der Waals surface area contributed by atoms with Crippen molar-refractivity contribution in [1.82, 2.24) is 26.6 Å². The SMILES string of the molecule is CCCCCCCCCC(=O)NC(CCN)C(=O)NC(C(=O)NC(C)C(=O)NC(CCCCN)C(=O)NC(N)B(O)O)C(C)O. The molecule has 0 saturated carbocycles. The molecule has 0 aliphatic rings. The van der Waals surface area contributed by atoms with Gasteiger partial charge in [-0.1, -0.05) is 45.4 Å². The molecule has 16 nitrogen and oxygen atoms in total. The third kappa shape index (κ3) is 18.7. The van der Waals surface area contributed by atoms with Gasteiger partial charge in [0.15, 0.2) is 0 Å². The predicted octanol–water partition coefficient (Wildman–Crippen LogP) is -2.64. The minimum Gasteiger partial charge on any atom is -0.425 e. The Balaban J connectivity index is 5.21. The number of aliphatic hydroxyl groups is 1. The van der Waals surface area contributed by atoms with Gasteiger partial charge in [-0.25, -0.2) is 0 Å². The molecule has 0 spiro atoms. The Morgan fingerprint density at radius 2 is 1.24 bits per heavy atom. The molecule has 6 unspecified atom stereocenters. The largest absolute Gasteiger partial charge is 0.490 e. The van der Waals surface area contributed by atoms with Gasteiger partial charge >= 0.3 is 7.12 Å². The summed E-state index contributed by atoms with van der Waals surface area (Å²) in [6.07, 6.45) is 7.40. The number of carbonyl (C=O) groups excluding carboxylic acids is 5. The predicted molar refractivity (Wildman–Crippen MR) is 171 cm³/mol. The molecule has 6 atom stereocenters. The van der Waals surface area contributed by atoms with E-state index in [1.807, 2.05) is 0 Å². The highest BCUT2D eigenvalue weighted by molar-refractivity contribution is 6.43. The Hall–Kier alpha value is -2.83. The highest BCUT2D eigenvalue weighted by atomic mass is 16.4. The highest BCUT2D eigenvalue weighted by Crippen LogP contribution is 2.09. The van der Waals surface area contributed by atoms with Crippen LogP contribution in [0.3, 0.4) is 0 Å². The Labute approximate surface area is 266 Å². The first-order valence-corrected chi connectivity index (χ1v) is 16.0. The van der Waals surface area contributed by atoms with Gasteiger partial charge < -0.3 is 58.9 Å². The van der Waals surface area contributed by atoms with Gasteiger partial charge in [0.2, 0.25) is 29.5 Å². The number of unbranched alkanes of at least 4 members (excludes halogenated alkanes) is 7. The lowest BCUT2D eigenvalue weighted by molar-refractivity contribution is -0.136. The average molecular weight is 645 g/mol. The summed E-state index contributed by atoms with van der Waals surface area (Å²) in [5.41, 5.74) is 16.6. The number of nitrogens with two attached hydrogens (primary N) is 3. The van der Waals surface area contributed by atoms with E-state index in [-0.39, 0.29) is 31.7 Å². The van der Waals surface area contributed by atoms with Crippen molar-refractivity contribution in [2.75, 3.05) is 13.1 Å². The summed E-state index contributed by atoms with van der Waals surface area (Å²) in [6.45, 7) is 5.20. The molecule has 17 heteroatoms. The number of carbonyl (C=O) groups is 5. The maximum absolute atomic E-state index is 13.0. The number of amides is 5. The van der Waals surface area contributed by atoms with Crippen LogP contribution in [0, 0.1) is 0 Å². The van der Waals surface area contributed by atoms with Gasteiger partial charge in [0.05, 0.1) is 6.10 Å². The van der Waals surface area contributed by atoms with Crippen LogP contribution < -0.4 is 43.8 Å². The third-order valence-corrected chi connectivity index (χ3v) is 7.14. The molecule has 0 heterocycles. The fourth-order valence-electron chi connectivity index (χ4n) is 4.37. The summed E-state index contributed by atoms with van der Waals surface area (Å²) in [5, 5.41) is 40.8. The second kappa shape index (κ2) is 24.4. The molecule has 0 radical (unpaired) electrons. The van der Waals surface area contributed by atoms with E-state index < -0.39 is 67.1 Å². The summed E-state index contributed by atoms with van der Waals surface area (Å²) in [4.78, 5) is 64.0. The zero-order valence-corrected chi connectivity index (χ0v) is 27.1. The first-order valence-electron chi connectivity index (χ1n) is 16.0. The van der Waals surface area contributed by atoms with Crippen molar-refractivity contribution in [3.05, 3.63) is 0 Å². The fourth-order valence-corrected chi connectivity index (χ4v) is 4.37. The zero-order valence-electron chi connectivity index (χ0n) is 27.1. The van der Waals surface area contributed by atoms with E-state index in [0.29, 0.717) is 25.8 Å². The Morgan fingerprint density at radius 1 is 0.667 bits per heavy atom. The topological polar surface area (TPSA) is 284 Å². The molecule has 45 heavy (non-hydrogen) atoms. The van der Waals surface area contributed by atoms with Gasteiger partial charge in [0.25, 0.3) is 0 Å². The van der Waals surface area contributed by atoms with Crippen molar-refractivity contribution in [1.29, 1.82) is 0 Å². The van der Waals surface area contributed by atoms with Crippen LogP contribution in [0.5, 0.6) is 0 Å². The quantitative estimate of drug-likeness (QED) is 0.0277. The van der Waals surface area contributed by atoms with Crippen LogP contribution in [0.1, 0.15) is 97.8 Å². The van der Waals surface area contributed by atoms with Crippen LogP contribution >= 0.6 is 0 Å². The van der Waals surface area contributed by atoms with Gasteiger partial charge in [0, 0.05) is 6.42 Å². The van der Waals surface area contributed by atoms with Gasteiger partial charge in [0.1, 0.15) is 30.2 Å². The van der Waals surface area contributed by atoms with Crippen molar-refractivity contribution in [3.8, 4) is 0 Å². The molecule has 0 bridgehead atoms. The van der Waals surface area contributed by atoms with Gasteiger partial charge in [-0.3, -0.25) is 24.0 Å². The lowest BCUT2D eigenvalue weighted by Crippen LogP contribution is -2.61. The van der Waals surface area contributed by atoms with E-state index in [2.05, 4.69) is 33.5 Å². The van der Waals surface area contributed by atoms with Gasteiger partial charge in [-0.05, 0) is 59.0 Å². The van der Waals surface area contributed by atoms with Crippen LogP contribution in [0.25, 0.3) is 0 Å². The molecular weight excluding hydrogens is 587 g/mol. The van der Waals surface area contributed by atoms with E-state index in [0.717, 1.165) is 25.7 Å². The van der Waals surface area contributed by atoms with E-state index in [4.69, 9.17) is 27.2 Å². The second-order valence-electron chi connectivity index (χ2n) is 11.3. The highest BCUT2D eigenvalue weighted by Gasteiger charge is 2.32. The van der Waals surface area contributed by atoms with Crippen LogP contribution in [0.2, 0.25) is 0 Å². The molecule has 0 fully saturated rings. The summed E-state index contributed by atoms with van der Waals surface area (Å²) in [5.74, 6) is -3.45. The first-order chi connectivity index (χ1) is 21.3. The van der Waals surface area contributed by atoms with E-state index in [9.17, 15) is 29.1 Å². The first kappa shape index (κ1) is 42.2. The number of aliphatic hydroxyl groups excluding tert-OH is 1. The molecule has 0 aliphatic heterocycles. The number of hydrogen-bond donors (Lipinski definition) is 11. The standard InChI is InChI=1S/C28H57BN8O8/c1-4-5-6-7-8-9-10-14-22(39)34-21(15-17-31)25(41)36-23(19(3)38)27(43)33-18(2)24(40)35-20(13-11-12-16-30)26(42)37-28(32)29(44)45/h18-21,23,28,38,44-45H,4-17,30-32H2,1-3H3,(H,33,43)(H,34,39)(H,35,40)(H,36,41)(H,37,42). The zero-order chi connectivity index (χ0) is 34.4. The second-order valence-corrected chi connectivity index (χ2v) is 11.3. The summed E-state index contributed by atoms with van der Waals surface area (Å²) >= 11 is 0. The number of hydrogen-bond acceptors (Lipinski definition) is 11. The van der Waals surface area contributed by atoms with Crippen LogP contribution in [-0.2, 0) is 24.0 Å². The molecule has 5 amide bonds. The van der Waals surface area contributed by atoms with Crippen molar-refractivity contribution in [2.45, 2.75) is 134 Å². The van der Waals surface area contributed by atoms with Crippen LogP contribution in [0.15, 0.2) is 0 Å². The van der Waals surface area contributed by atoms with E-state index in [1.165, 1.54) is 26.7 Å². The summed E-state index contributed by atoms with van der Waals surface area (Å²) in [6, 6.07) is -6.33. The summed E-state index contributed by atoms with van der Waals surface area (Å²) < 4.78 is 0. The van der Waals surface area contributed by atoms with Crippen molar-refractivity contribution >= 4 is 36.7 Å². The Bertz CT molecular complexity index is 899. The lowest BCUT2D eigenvalue weighted by Gasteiger charge is -2.26. The number of rotatable bonds is 25. The van der Waals surface area contributed by atoms with Crippen LogP contribution in [0.4, 0.5) is 0 Å². The Kier molecular flexibility index (Phi) is 22.9. The minimum atomic E-state index is -2.02. The van der Waals surface area contributed by atoms with E-state index in [1.54, 1.807) is 0 Å². The lowest BCUT2D eigenvalue weighted by atomic mass is 9.86. The van der Waals surface area contributed by atoms with Crippen LogP contribution in [-0.4, -0.2) is 101 Å². The van der Waals surface area contributed by atoms with Gasteiger partial charge in [-0.15, -0.1) is 0 Å². The monoisotopic (exact) mass is 644 g/mol. The van der Waals surface area contributed by atoms with Crippen molar-refractivity contribution < 1.29 is 39.1 Å². The molecule has 0 saturated heterocycles. The maximum Gasteiger partial charge on any atom is 0.490 e. The molecule has 0 aromatic rings. The Morgan fingerprint density at radius 3 is 1.80 bits per heavy atom. The van der Waals surface area contributed by atoms with E-state index >= 15 is 0 Å². The smallest absolute Gasteiger partial charge is 0.425 e. The molecule has 0 aromatic carbocycles.